The number of ether oxygens (including phenoxy) is 2. The van der Waals surface area contributed by atoms with Crippen molar-refractivity contribution in [3.8, 4) is 5.75 Å². The maximum atomic E-state index is 11.7. The molecule has 1 aliphatic rings. The van der Waals surface area contributed by atoms with Crippen molar-refractivity contribution in [2.45, 2.75) is 25.3 Å². The average Bonchev–Trinajstić information content (AvgIpc) is 3.29. The number of esters is 1. The lowest BCUT2D eigenvalue weighted by atomic mass is 10.1. The molecule has 0 saturated carbocycles. The molecule has 1 aliphatic heterocycles. The van der Waals surface area contributed by atoms with Crippen molar-refractivity contribution in [3.63, 3.8) is 0 Å². The number of fused-ring (bicyclic) bond motifs is 1. The van der Waals surface area contributed by atoms with Gasteiger partial charge < -0.3 is 19.7 Å². The molecule has 3 aromatic rings. The van der Waals surface area contributed by atoms with Gasteiger partial charge in [0.15, 0.2) is 0 Å². The minimum Gasteiger partial charge on any atom is -0.489 e. The summed E-state index contributed by atoms with van der Waals surface area (Å²) in [6, 6.07) is 22.6. The van der Waals surface area contributed by atoms with Crippen molar-refractivity contribution < 1.29 is 14.3 Å². The largest absolute Gasteiger partial charge is 0.489 e. The fraction of sp³-hybridized carbons (Fsp3) is 0.345. The molecule has 5 heteroatoms. The highest BCUT2D eigenvalue weighted by Gasteiger charge is 2.19. The smallest absolute Gasteiger partial charge is 0.337 e. The van der Waals surface area contributed by atoms with E-state index < -0.39 is 0 Å². The normalized spacial score (nSPS) is 16.6. The van der Waals surface area contributed by atoms with Crippen molar-refractivity contribution in [2.75, 3.05) is 40.4 Å². The van der Waals surface area contributed by atoms with Crippen LogP contribution in [0.2, 0.25) is 0 Å². The number of nitrogens with one attached hydrogen (secondary N) is 1. The van der Waals surface area contributed by atoms with Crippen LogP contribution in [0, 0.1) is 0 Å². The SMILES string of the molecule is COC(=O)c1ccc(C=C(CNCCC2CCCN2C)COc2cccc3ccccc23)cc1. The molecule has 1 unspecified atom stereocenters. The van der Waals surface area contributed by atoms with E-state index in [4.69, 9.17) is 9.47 Å². The summed E-state index contributed by atoms with van der Waals surface area (Å²) in [4.78, 5) is 14.2. The third-order valence-electron chi connectivity index (χ3n) is 6.54. The summed E-state index contributed by atoms with van der Waals surface area (Å²) in [6.45, 7) is 3.42. The number of hydrogen-bond donors (Lipinski definition) is 1. The Balaban J connectivity index is 1.44. The van der Waals surface area contributed by atoms with E-state index in [1.165, 1.54) is 31.9 Å². The van der Waals surface area contributed by atoms with Crippen molar-refractivity contribution in [3.05, 3.63) is 83.4 Å². The van der Waals surface area contributed by atoms with E-state index in [1.54, 1.807) is 12.1 Å². The van der Waals surface area contributed by atoms with E-state index >= 15 is 0 Å². The van der Waals surface area contributed by atoms with Crippen molar-refractivity contribution in [1.29, 1.82) is 0 Å². The highest BCUT2D eigenvalue weighted by molar-refractivity contribution is 5.89. The van der Waals surface area contributed by atoms with Crippen LogP contribution >= 0.6 is 0 Å². The van der Waals surface area contributed by atoms with Gasteiger partial charge in [-0.3, -0.25) is 0 Å². The van der Waals surface area contributed by atoms with Gasteiger partial charge in [-0.05, 0) is 74.1 Å². The molecule has 0 radical (unpaired) electrons. The second-order valence-electron chi connectivity index (χ2n) is 8.92. The molecule has 1 heterocycles. The number of benzene rings is 3. The van der Waals surface area contributed by atoms with E-state index in [2.05, 4.69) is 41.5 Å². The van der Waals surface area contributed by atoms with Gasteiger partial charge in [-0.25, -0.2) is 4.79 Å². The fourth-order valence-corrected chi connectivity index (χ4v) is 4.57. The Hall–Kier alpha value is -3.15. The molecule has 0 aromatic heterocycles. The van der Waals surface area contributed by atoms with Gasteiger partial charge in [-0.2, -0.15) is 0 Å². The number of nitrogens with zero attached hydrogens (tertiary/aromatic N) is 1. The molecule has 0 aliphatic carbocycles. The first-order valence-corrected chi connectivity index (χ1v) is 12.0. The molecule has 3 aromatic carbocycles. The van der Waals surface area contributed by atoms with Crippen molar-refractivity contribution in [2.24, 2.45) is 0 Å². The molecule has 4 rings (SSSR count). The number of carbonyl (C=O) groups is 1. The summed E-state index contributed by atoms with van der Waals surface area (Å²) < 4.78 is 11.1. The zero-order valence-corrected chi connectivity index (χ0v) is 20.1. The van der Waals surface area contributed by atoms with Crippen LogP contribution in [0.3, 0.4) is 0 Å². The third kappa shape index (κ3) is 6.25. The molecular weight excluding hydrogens is 424 g/mol. The Kier molecular flexibility index (Phi) is 8.34. The standard InChI is InChI=1S/C29H34N2O3/c1-31-18-6-9-26(31)16-17-30-20-23(19-22-12-14-25(15-13-22)29(32)33-2)21-34-28-11-5-8-24-7-3-4-10-27(24)28/h3-5,7-8,10-15,19,26,30H,6,9,16-18,20-21H2,1-2H3. The molecule has 5 nitrogen and oxygen atoms in total. The van der Waals surface area contributed by atoms with Gasteiger partial charge in [0.2, 0.25) is 0 Å². The minimum atomic E-state index is -0.325. The Morgan fingerprint density at radius 1 is 1.09 bits per heavy atom. The first-order chi connectivity index (χ1) is 16.6. The van der Waals surface area contributed by atoms with Gasteiger partial charge in [0.05, 0.1) is 12.7 Å². The van der Waals surface area contributed by atoms with Crippen LogP contribution < -0.4 is 10.1 Å². The molecule has 178 valence electrons. The number of likely N-dealkylation sites (tertiary alicyclic amines) is 1. The van der Waals surface area contributed by atoms with Gasteiger partial charge in [0, 0.05) is 18.0 Å². The van der Waals surface area contributed by atoms with Gasteiger partial charge in [-0.15, -0.1) is 0 Å². The quantitative estimate of drug-likeness (QED) is 0.336. The average molecular weight is 459 g/mol. The number of hydrogen-bond acceptors (Lipinski definition) is 5. The summed E-state index contributed by atoms with van der Waals surface area (Å²) in [7, 11) is 3.62. The second kappa shape index (κ2) is 11.8. The summed E-state index contributed by atoms with van der Waals surface area (Å²) in [5, 5.41) is 5.90. The number of methoxy groups -OCH3 is 1. The summed E-state index contributed by atoms with van der Waals surface area (Å²) in [5.41, 5.74) is 2.73. The van der Waals surface area contributed by atoms with Crippen molar-refractivity contribution in [1.82, 2.24) is 10.2 Å². The second-order valence-corrected chi connectivity index (χ2v) is 8.92. The number of rotatable bonds is 10. The van der Waals surface area contributed by atoms with Gasteiger partial charge in [-0.1, -0.05) is 54.6 Å². The van der Waals surface area contributed by atoms with E-state index in [9.17, 15) is 4.79 Å². The Morgan fingerprint density at radius 2 is 1.88 bits per heavy atom. The molecule has 1 saturated heterocycles. The lowest BCUT2D eigenvalue weighted by Crippen LogP contribution is -2.30. The summed E-state index contributed by atoms with van der Waals surface area (Å²) >= 11 is 0. The predicted molar refractivity (Wildman–Crippen MR) is 138 cm³/mol. The molecule has 1 atom stereocenters. The molecule has 34 heavy (non-hydrogen) atoms. The van der Waals surface area contributed by atoms with E-state index in [0.717, 1.165) is 41.8 Å². The van der Waals surface area contributed by atoms with Crippen LogP contribution in [0.5, 0.6) is 5.75 Å². The van der Waals surface area contributed by atoms with E-state index in [0.29, 0.717) is 18.2 Å². The lowest BCUT2D eigenvalue weighted by Gasteiger charge is -2.19. The van der Waals surface area contributed by atoms with Crippen LogP contribution in [-0.2, 0) is 4.74 Å². The minimum absolute atomic E-state index is 0.325. The predicted octanol–water partition coefficient (Wildman–Crippen LogP) is 5.16. The molecule has 1 fully saturated rings. The zero-order valence-electron chi connectivity index (χ0n) is 20.1. The lowest BCUT2D eigenvalue weighted by molar-refractivity contribution is 0.0600. The Labute approximate surface area is 202 Å². The van der Waals surface area contributed by atoms with E-state index in [1.807, 2.05) is 36.4 Å². The van der Waals surface area contributed by atoms with Gasteiger partial charge >= 0.3 is 5.97 Å². The van der Waals surface area contributed by atoms with E-state index in [-0.39, 0.29) is 5.97 Å². The molecular formula is C29H34N2O3. The number of carbonyl (C=O) groups excluding carboxylic acids is 1. The fourth-order valence-electron chi connectivity index (χ4n) is 4.57. The maximum Gasteiger partial charge on any atom is 0.337 e. The monoisotopic (exact) mass is 458 g/mol. The van der Waals surface area contributed by atoms with Gasteiger partial charge in [0.25, 0.3) is 0 Å². The van der Waals surface area contributed by atoms with Crippen LogP contribution in [-0.4, -0.2) is 57.3 Å². The molecule has 0 bridgehead atoms. The summed E-state index contributed by atoms with van der Waals surface area (Å²) in [6.07, 6.45) is 5.88. The highest BCUT2D eigenvalue weighted by Crippen LogP contribution is 2.25. The zero-order chi connectivity index (χ0) is 23.8. The van der Waals surface area contributed by atoms with Crippen LogP contribution in [0.4, 0.5) is 0 Å². The molecule has 0 spiro atoms. The Bertz CT molecular complexity index is 1120. The highest BCUT2D eigenvalue weighted by atomic mass is 16.5. The third-order valence-corrected chi connectivity index (χ3v) is 6.54. The summed E-state index contributed by atoms with van der Waals surface area (Å²) in [5.74, 6) is 0.561. The molecule has 1 N–H and O–H groups in total. The van der Waals surface area contributed by atoms with Crippen LogP contribution in [0.15, 0.2) is 72.3 Å². The maximum absolute atomic E-state index is 11.7. The molecule has 0 amide bonds. The first kappa shape index (κ1) is 24.0. The Morgan fingerprint density at radius 3 is 2.65 bits per heavy atom. The first-order valence-electron chi connectivity index (χ1n) is 12.0. The van der Waals surface area contributed by atoms with Crippen LogP contribution in [0.1, 0.15) is 35.2 Å². The van der Waals surface area contributed by atoms with Gasteiger partial charge in [0.1, 0.15) is 12.4 Å². The van der Waals surface area contributed by atoms with Crippen molar-refractivity contribution >= 4 is 22.8 Å². The van der Waals surface area contributed by atoms with Crippen LogP contribution in [0.25, 0.3) is 16.8 Å². The topological polar surface area (TPSA) is 50.8 Å².